The molecule has 0 saturated heterocycles. The standard InChI is InChI=1S/Mo.H2O3.2H2O.2O/c;1-3-2;;;;/h;1-2H;2*1H2;;/q+2;;;;;/p-2. The Bertz CT molecular complexity index is 98.3. The second-order valence-corrected chi connectivity index (χ2v) is 2.73. The molecule has 0 unspecified atom stereocenters. The van der Waals surface area contributed by atoms with Crippen LogP contribution in [0.2, 0.25) is 0 Å². The van der Waals surface area contributed by atoms with Gasteiger partial charge in [0, 0.05) is 0 Å². The van der Waals surface area contributed by atoms with E-state index in [-0.39, 0.29) is 0 Å². The van der Waals surface area contributed by atoms with Crippen molar-refractivity contribution in [2.75, 3.05) is 0 Å². The van der Waals surface area contributed by atoms with E-state index in [1.165, 1.54) is 0 Å². The van der Waals surface area contributed by atoms with Crippen molar-refractivity contribution >= 4 is 0 Å². The van der Waals surface area contributed by atoms with E-state index in [9.17, 15) is 0 Å². The summed E-state index contributed by atoms with van der Waals surface area (Å²) in [6.07, 6.45) is 0. The van der Waals surface area contributed by atoms with Gasteiger partial charge >= 0.3 is 31.1 Å². The van der Waals surface area contributed by atoms with Crippen molar-refractivity contribution in [1.82, 2.24) is 0 Å². The quantitative estimate of drug-likeness (QED) is 0.221. The van der Waals surface area contributed by atoms with Crippen LogP contribution in [0.3, 0.4) is 0 Å². The van der Waals surface area contributed by atoms with Crippen molar-refractivity contribution in [3.63, 3.8) is 0 Å². The minimum atomic E-state index is -5.52. The Morgan fingerprint density at radius 3 is 1.12 bits per heavy atom. The summed E-state index contributed by atoms with van der Waals surface area (Å²) >= 11 is -5.52. The maximum absolute atomic E-state index is 8.85. The van der Waals surface area contributed by atoms with Crippen LogP contribution in [0.1, 0.15) is 0 Å². The molecule has 8 heavy (non-hydrogen) atoms. The first-order valence-electron chi connectivity index (χ1n) is 1.06. The molecule has 0 saturated carbocycles. The van der Waals surface area contributed by atoms with Crippen LogP contribution in [0.25, 0.3) is 0 Å². The van der Waals surface area contributed by atoms with E-state index < -0.39 is 16.7 Å². The zero-order chi connectivity index (χ0) is 7.21. The Hall–Kier alpha value is 0.0883. The first kappa shape index (κ1) is 11.0. The fourth-order valence-corrected chi connectivity index (χ4v) is 0. The predicted octanol–water partition coefficient (Wildman–Crippen LogP) is -1.41. The van der Waals surface area contributed by atoms with Crippen LogP contribution < -0.4 is 0 Å². The van der Waals surface area contributed by atoms with E-state index in [0.717, 1.165) is 0 Å². The van der Waals surface area contributed by atoms with Crippen LogP contribution in [0.15, 0.2) is 0 Å². The van der Waals surface area contributed by atoms with Crippen LogP contribution in [0.5, 0.6) is 0 Å². The van der Waals surface area contributed by atoms with Gasteiger partial charge in [0.05, 0.1) is 0 Å². The monoisotopic (exact) mass is 214 g/mol. The van der Waals surface area contributed by atoms with Crippen molar-refractivity contribution in [2.24, 2.45) is 0 Å². The normalized spacial score (nSPS) is 9.50. The van der Waals surface area contributed by atoms with Crippen molar-refractivity contribution in [1.29, 1.82) is 0 Å². The Kier molecular flexibility index (Phi) is 7.17. The molecule has 0 heterocycles. The van der Waals surface area contributed by atoms with E-state index in [1.807, 2.05) is 0 Å². The molecular formula is H4MoO7. The maximum atomic E-state index is 8.85. The molecule has 0 aromatic rings. The summed E-state index contributed by atoms with van der Waals surface area (Å²) in [5.41, 5.74) is 0. The van der Waals surface area contributed by atoms with Crippen molar-refractivity contribution in [3.8, 4) is 0 Å². The molecule has 0 aliphatic heterocycles. The van der Waals surface area contributed by atoms with Crippen molar-refractivity contribution < 1.29 is 46.6 Å². The Balaban J connectivity index is 0. The van der Waals surface area contributed by atoms with Gasteiger partial charge in [-0.15, -0.1) is 0 Å². The van der Waals surface area contributed by atoms with Crippen molar-refractivity contribution in [3.05, 3.63) is 0 Å². The van der Waals surface area contributed by atoms with Gasteiger partial charge in [0.25, 0.3) is 0 Å². The van der Waals surface area contributed by atoms with Crippen molar-refractivity contribution in [2.45, 2.75) is 0 Å². The van der Waals surface area contributed by atoms with Gasteiger partial charge in [-0.05, 0) is 0 Å². The number of rotatable bonds is 0. The van der Waals surface area contributed by atoms with E-state index in [0.29, 0.717) is 0 Å². The van der Waals surface area contributed by atoms with Gasteiger partial charge in [0.1, 0.15) is 0 Å². The first-order valence-corrected chi connectivity index (χ1v) is 4.50. The molecule has 0 aromatic heterocycles. The van der Waals surface area contributed by atoms with Crippen LogP contribution in [-0.2, 0) is 28.6 Å². The Labute approximate surface area is 47.3 Å². The average molecular weight is 212 g/mol. The molecule has 0 bridgehead atoms. The number of hydrogen-bond acceptors (Lipinski definition) is 5. The third kappa shape index (κ3) is 20200. The summed E-state index contributed by atoms with van der Waals surface area (Å²) in [6.45, 7) is 0. The Morgan fingerprint density at radius 2 is 1.12 bits per heavy atom. The Morgan fingerprint density at radius 1 is 1.12 bits per heavy atom. The van der Waals surface area contributed by atoms with Gasteiger partial charge in [0.2, 0.25) is 0 Å². The third-order valence-corrected chi connectivity index (χ3v) is 0. The molecule has 7 nitrogen and oxygen atoms in total. The molecule has 0 aliphatic carbocycles. The fraction of sp³-hybridized carbons (Fsp3) is 0. The number of hydrogen-bond donors (Lipinski definition) is 4. The van der Waals surface area contributed by atoms with E-state index in [4.69, 9.17) is 24.8 Å². The van der Waals surface area contributed by atoms with Gasteiger partial charge in [-0.25, -0.2) is 10.5 Å². The molecule has 0 spiro atoms. The van der Waals surface area contributed by atoms with Gasteiger partial charge in [-0.3, -0.25) is 0 Å². The molecule has 0 aliphatic rings. The predicted molar refractivity (Wildman–Crippen MR) is 12.2 cm³/mol. The van der Waals surface area contributed by atoms with Crippen LogP contribution >= 0.6 is 0 Å². The molecule has 0 aromatic carbocycles. The summed E-state index contributed by atoms with van der Waals surface area (Å²) in [6, 6.07) is 0. The second kappa shape index (κ2) is 5.23. The van der Waals surface area contributed by atoms with E-state index in [1.54, 1.807) is 0 Å². The fourth-order valence-electron chi connectivity index (χ4n) is 0. The van der Waals surface area contributed by atoms with Gasteiger partial charge in [-0.1, -0.05) is 5.04 Å². The molecule has 4 N–H and O–H groups in total. The summed E-state index contributed by atoms with van der Waals surface area (Å²) in [5, 5.41) is 15.5. The van der Waals surface area contributed by atoms with Gasteiger partial charge in [0.15, 0.2) is 0 Å². The SMILES string of the molecule is OOO.[O]=[Mo](=[O])([OH])[OH]. The van der Waals surface area contributed by atoms with Gasteiger partial charge in [-0.2, -0.15) is 0 Å². The van der Waals surface area contributed by atoms with E-state index >= 15 is 0 Å². The van der Waals surface area contributed by atoms with Crippen LogP contribution in [-0.4, -0.2) is 18.0 Å². The molecule has 0 atom stereocenters. The van der Waals surface area contributed by atoms with E-state index in [2.05, 4.69) is 5.04 Å². The summed E-state index contributed by atoms with van der Waals surface area (Å²) in [4.78, 5) is 0. The van der Waals surface area contributed by atoms with Crippen LogP contribution in [0.4, 0.5) is 0 Å². The molecule has 0 fully saturated rings. The first-order chi connectivity index (χ1) is 3.41. The molecule has 52 valence electrons. The molecule has 0 rings (SSSR count). The summed E-state index contributed by atoms with van der Waals surface area (Å²) in [5.74, 6) is 0. The third-order valence-electron chi connectivity index (χ3n) is 0. The summed E-state index contributed by atoms with van der Waals surface area (Å²) in [7, 11) is 0. The minimum absolute atomic E-state index is 2.25. The average Bonchev–Trinajstić information content (AvgIpc) is 1.27. The second-order valence-electron chi connectivity index (χ2n) is 0.529. The molecule has 0 amide bonds. The molecule has 8 heteroatoms. The molecular weight excluding hydrogens is 208 g/mol. The zero-order valence-corrected chi connectivity index (χ0v) is 5.43. The molecule has 0 radical (unpaired) electrons. The summed E-state index contributed by atoms with van der Waals surface area (Å²) < 4.78 is 32.0. The van der Waals surface area contributed by atoms with Crippen LogP contribution in [0, 0.1) is 0 Å². The topological polar surface area (TPSA) is 124 Å². The zero-order valence-electron chi connectivity index (χ0n) is 3.42. The van der Waals surface area contributed by atoms with Gasteiger partial charge < -0.3 is 0 Å².